The normalized spacial score (nSPS) is 15.6. The highest BCUT2D eigenvalue weighted by Gasteiger charge is 2.17. The van der Waals surface area contributed by atoms with Crippen molar-refractivity contribution < 1.29 is 9.53 Å². The molecule has 1 amide bonds. The third-order valence-corrected chi connectivity index (χ3v) is 4.49. The van der Waals surface area contributed by atoms with Gasteiger partial charge in [-0.05, 0) is 44.0 Å². The molecule has 0 bridgehead atoms. The van der Waals surface area contributed by atoms with Crippen molar-refractivity contribution in [3.05, 3.63) is 29.8 Å². The Bertz CT molecular complexity index is 484. The Hall–Kier alpha value is -1.55. The van der Waals surface area contributed by atoms with Crippen molar-refractivity contribution in [2.45, 2.75) is 58.0 Å². The van der Waals surface area contributed by atoms with Crippen LogP contribution in [0.25, 0.3) is 0 Å². The van der Waals surface area contributed by atoms with Crippen molar-refractivity contribution in [2.24, 2.45) is 0 Å². The van der Waals surface area contributed by atoms with Gasteiger partial charge >= 0.3 is 0 Å². The van der Waals surface area contributed by atoms with Crippen LogP contribution in [0.5, 0.6) is 5.75 Å². The molecule has 4 heteroatoms. The lowest BCUT2D eigenvalue weighted by Gasteiger charge is -2.31. The van der Waals surface area contributed by atoms with Gasteiger partial charge in [0.05, 0.1) is 6.61 Å². The number of carbonyl (C=O) groups excluding carboxylic acids is 1. The van der Waals surface area contributed by atoms with Crippen molar-refractivity contribution in [3.63, 3.8) is 0 Å². The maximum Gasteiger partial charge on any atom is 0.216 e. The highest BCUT2D eigenvalue weighted by Crippen LogP contribution is 2.23. The number of nitrogens with zero attached hydrogens (tertiary/aromatic N) is 1. The predicted molar refractivity (Wildman–Crippen MR) is 93.6 cm³/mol. The summed E-state index contributed by atoms with van der Waals surface area (Å²) < 4.78 is 5.79. The topological polar surface area (TPSA) is 41.6 Å². The van der Waals surface area contributed by atoms with Gasteiger partial charge in [0, 0.05) is 26.1 Å². The van der Waals surface area contributed by atoms with E-state index in [9.17, 15) is 4.79 Å². The van der Waals surface area contributed by atoms with Crippen LogP contribution in [0, 0.1) is 0 Å². The smallest absolute Gasteiger partial charge is 0.216 e. The lowest BCUT2D eigenvalue weighted by molar-refractivity contribution is -0.118. The Morgan fingerprint density at radius 2 is 2.09 bits per heavy atom. The Morgan fingerprint density at radius 3 is 2.83 bits per heavy atom. The van der Waals surface area contributed by atoms with Gasteiger partial charge in [-0.3, -0.25) is 9.69 Å². The molecule has 1 aliphatic rings. The van der Waals surface area contributed by atoms with Crippen molar-refractivity contribution in [1.29, 1.82) is 0 Å². The van der Waals surface area contributed by atoms with Gasteiger partial charge in [0.1, 0.15) is 5.75 Å². The Labute approximate surface area is 140 Å². The molecule has 0 aliphatic heterocycles. The Morgan fingerprint density at radius 1 is 1.30 bits per heavy atom. The number of hydrogen-bond donors (Lipinski definition) is 1. The van der Waals surface area contributed by atoms with E-state index in [0.717, 1.165) is 24.8 Å². The molecule has 1 aromatic rings. The van der Waals surface area contributed by atoms with Crippen LogP contribution in [-0.4, -0.2) is 37.0 Å². The van der Waals surface area contributed by atoms with Crippen LogP contribution in [0.1, 0.15) is 51.0 Å². The van der Waals surface area contributed by atoms with E-state index in [2.05, 4.69) is 35.5 Å². The molecule has 1 fully saturated rings. The van der Waals surface area contributed by atoms with E-state index >= 15 is 0 Å². The van der Waals surface area contributed by atoms with Crippen LogP contribution < -0.4 is 10.1 Å². The van der Waals surface area contributed by atoms with Crippen molar-refractivity contribution in [1.82, 2.24) is 10.2 Å². The van der Waals surface area contributed by atoms with Gasteiger partial charge in [-0.1, -0.05) is 31.4 Å². The van der Waals surface area contributed by atoms with Crippen LogP contribution in [0.2, 0.25) is 0 Å². The van der Waals surface area contributed by atoms with Crippen molar-refractivity contribution >= 4 is 5.91 Å². The minimum Gasteiger partial charge on any atom is -0.494 e. The zero-order chi connectivity index (χ0) is 16.5. The summed E-state index contributed by atoms with van der Waals surface area (Å²) in [5.41, 5.74) is 1.30. The molecule has 4 nitrogen and oxygen atoms in total. The first-order valence-electron chi connectivity index (χ1n) is 8.81. The van der Waals surface area contributed by atoms with E-state index in [1.807, 2.05) is 6.07 Å². The molecule has 0 heterocycles. The Kier molecular flexibility index (Phi) is 7.40. The molecule has 0 unspecified atom stereocenters. The van der Waals surface area contributed by atoms with E-state index in [1.165, 1.54) is 44.6 Å². The van der Waals surface area contributed by atoms with Gasteiger partial charge < -0.3 is 10.1 Å². The number of ether oxygens (including phenoxy) is 1. The molecule has 0 atom stereocenters. The van der Waals surface area contributed by atoms with Gasteiger partial charge in [-0.2, -0.15) is 0 Å². The zero-order valence-corrected chi connectivity index (χ0v) is 14.5. The fraction of sp³-hybridized carbons (Fsp3) is 0.632. The SMILES string of the molecule is CC(=O)NCCCOc1cccc(CN(C)C2CCCCC2)c1. The van der Waals surface area contributed by atoms with E-state index in [4.69, 9.17) is 4.74 Å². The molecule has 2 rings (SSSR count). The first-order valence-corrected chi connectivity index (χ1v) is 8.81. The largest absolute Gasteiger partial charge is 0.494 e. The lowest BCUT2D eigenvalue weighted by atomic mass is 9.94. The average Bonchev–Trinajstić information content (AvgIpc) is 2.55. The number of benzene rings is 1. The summed E-state index contributed by atoms with van der Waals surface area (Å²) in [6.07, 6.45) is 7.61. The van der Waals surface area contributed by atoms with Gasteiger partial charge in [0.25, 0.3) is 0 Å². The van der Waals surface area contributed by atoms with E-state index in [0.29, 0.717) is 13.2 Å². The average molecular weight is 318 g/mol. The molecule has 23 heavy (non-hydrogen) atoms. The molecule has 1 N–H and O–H groups in total. The van der Waals surface area contributed by atoms with Crippen LogP contribution in [0.15, 0.2) is 24.3 Å². The number of carbonyl (C=O) groups is 1. The summed E-state index contributed by atoms with van der Waals surface area (Å²) in [6, 6.07) is 9.10. The van der Waals surface area contributed by atoms with E-state index in [1.54, 1.807) is 0 Å². The van der Waals surface area contributed by atoms with Gasteiger partial charge in [-0.15, -0.1) is 0 Å². The minimum absolute atomic E-state index is 0.0118. The van der Waals surface area contributed by atoms with Gasteiger partial charge in [0.15, 0.2) is 0 Å². The van der Waals surface area contributed by atoms with Crippen molar-refractivity contribution in [2.75, 3.05) is 20.2 Å². The van der Waals surface area contributed by atoms with Crippen LogP contribution in [0.3, 0.4) is 0 Å². The lowest BCUT2D eigenvalue weighted by Crippen LogP contribution is -2.32. The van der Waals surface area contributed by atoms with E-state index in [-0.39, 0.29) is 5.91 Å². The summed E-state index contributed by atoms with van der Waals surface area (Å²) in [6.45, 7) is 3.81. The number of hydrogen-bond acceptors (Lipinski definition) is 3. The summed E-state index contributed by atoms with van der Waals surface area (Å²) in [4.78, 5) is 13.3. The molecule has 128 valence electrons. The molecule has 1 aliphatic carbocycles. The second-order valence-electron chi connectivity index (χ2n) is 6.54. The van der Waals surface area contributed by atoms with Crippen LogP contribution in [-0.2, 0) is 11.3 Å². The third-order valence-electron chi connectivity index (χ3n) is 4.49. The maximum absolute atomic E-state index is 10.8. The number of amides is 1. The number of rotatable bonds is 8. The van der Waals surface area contributed by atoms with Crippen molar-refractivity contribution in [3.8, 4) is 5.75 Å². The molecule has 0 aromatic heterocycles. The van der Waals surface area contributed by atoms with Gasteiger partial charge in [-0.25, -0.2) is 0 Å². The molecule has 1 saturated carbocycles. The fourth-order valence-corrected chi connectivity index (χ4v) is 3.20. The molecule has 0 saturated heterocycles. The first-order chi connectivity index (χ1) is 11.1. The summed E-state index contributed by atoms with van der Waals surface area (Å²) >= 11 is 0. The first kappa shape index (κ1) is 17.8. The highest BCUT2D eigenvalue weighted by molar-refractivity contribution is 5.72. The summed E-state index contributed by atoms with van der Waals surface area (Å²) in [5, 5.41) is 2.78. The minimum atomic E-state index is 0.0118. The fourth-order valence-electron chi connectivity index (χ4n) is 3.20. The number of nitrogens with one attached hydrogen (secondary N) is 1. The zero-order valence-electron chi connectivity index (χ0n) is 14.5. The monoisotopic (exact) mass is 318 g/mol. The van der Waals surface area contributed by atoms with Gasteiger partial charge in [0.2, 0.25) is 5.91 Å². The second-order valence-corrected chi connectivity index (χ2v) is 6.54. The maximum atomic E-state index is 10.8. The molecule has 0 spiro atoms. The molecule has 1 aromatic carbocycles. The summed E-state index contributed by atoms with van der Waals surface area (Å²) in [7, 11) is 2.23. The highest BCUT2D eigenvalue weighted by atomic mass is 16.5. The summed E-state index contributed by atoms with van der Waals surface area (Å²) in [5.74, 6) is 0.931. The standard InChI is InChI=1S/C19H30N2O2/c1-16(22)20-12-7-13-23-19-11-6-8-17(14-19)15-21(2)18-9-4-3-5-10-18/h6,8,11,14,18H,3-5,7,9-10,12-13,15H2,1-2H3,(H,20,22). The Balaban J connectivity index is 1.76. The quantitative estimate of drug-likeness (QED) is 0.747. The molecular weight excluding hydrogens is 288 g/mol. The predicted octanol–water partition coefficient (Wildman–Crippen LogP) is 3.36. The second kappa shape index (κ2) is 9.56. The third kappa shape index (κ3) is 6.61. The van der Waals surface area contributed by atoms with Crippen LogP contribution >= 0.6 is 0 Å². The molecular formula is C19H30N2O2. The van der Waals surface area contributed by atoms with Crippen LogP contribution in [0.4, 0.5) is 0 Å². The molecule has 0 radical (unpaired) electrons. The van der Waals surface area contributed by atoms with E-state index < -0.39 is 0 Å².